The van der Waals surface area contributed by atoms with Crippen molar-refractivity contribution in [2.45, 2.75) is 19.9 Å². The molecule has 1 aromatic carbocycles. The maximum absolute atomic E-state index is 5.76. The summed E-state index contributed by atoms with van der Waals surface area (Å²) in [5, 5.41) is 0. The van der Waals surface area contributed by atoms with Gasteiger partial charge in [0.05, 0.1) is 5.69 Å². The Morgan fingerprint density at radius 1 is 1.27 bits per heavy atom. The monoisotopic (exact) mass is 201 g/mol. The van der Waals surface area contributed by atoms with Crippen LogP contribution in [0.2, 0.25) is 0 Å². The van der Waals surface area contributed by atoms with Crippen molar-refractivity contribution in [1.29, 1.82) is 0 Å². The molecule has 15 heavy (non-hydrogen) atoms. The maximum Gasteiger partial charge on any atom is 0.200 e. The molecule has 2 aromatic rings. The summed E-state index contributed by atoms with van der Waals surface area (Å²) in [4.78, 5) is 4.32. The van der Waals surface area contributed by atoms with E-state index >= 15 is 0 Å². The van der Waals surface area contributed by atoms with Crippen molar-refractivity contribution >= 4 is 5.95 Å². The van der Waals surface area contributed by atoms with Gasteiger partial charge in [0.15, 0.2) is 5.95 Å². The van der Waals surface area contributed by atoms with E-state index in [1.54, 1.807) is 0 Å². The number of nitrogens with zero attached hydrogens (tertiary/aromatic N) is 2. The SMILES string of the molecule is CCn1cc(Cc2ccccc2)nc1N. The van der Waals surface area contributed by atoms with Crippen molar-refractivity contribution in [3.63, 3.8) is 0 Å². The smallest absolute Gasteiger partial charge is 0.200 e. The first kappa shape index (κ1) is 9.77. The Bertz CT molecular complexity index is 431. The van der Waals surface area contributed by atoms with E-state index in [2.05, 4.69) is 24.0 Å². The fraction of sp³-hybridized carbons (Fsp3) is 0.250. The first-order chi connectivity index (χ1) is 7.29. The van der Waals surface area contributed by atoms with Crippen LogP contribution in [0, 0.1) is 0 Å². The number of aryl methyl sites for hydroxylation is 1. The lowest BCUT2D eigenvalue weighted by atomic mass is 10.1. The minimum Gasteiger partial charge on any atom is -0.369 e. The molecule has 3 nitrogen and oxygen atoms in total. The summed E-state index contributed by atoms with van der Waals surface area (Å²) in [5.74, 6) is 0.600. The number of aromatic nitrogens is 2. The summed E-state index contributed by atoms with van der Waals surface area (Å²) in [6.45, 7) is 2.93. The lowest BCUT2D eigenvalue weighted by Gasteiger charge is -1.96. The summed E-state index contributed by atoms with van der Waals surface area (Å²) >= 11 is 0. The second kappa shape index (κ2) is 4.17. The summed E-state index contributed by atoms with van der Waals surface area (Å²) in [6, 6.07) is 10.3. The van der Waals surface area contributed by atoms with E-state index in [-0.39, 0.29) is 0 Å². The molecule has 3 heteroatoms. The molecule has 0 saturated heterocycles. The third kappa shape index (κ3) is 2.18. The number of nitrogens with two attached hydrogens (primary N) is 1. The van der Waals surface area contributed by atoms with Crippen molar-refractivity contribution in [2.75, 3.05) is 5.73 Å². The largest absolute Gasteiger partial charge is 0.369 e. The molecule has 0 aliphatic heterocycles. The molecule has 2 rings (SSSR count). The van der Waals surface area contributed by atoms with Crippen LogP contribution in [0.5, 0.6) is 0 Å². The van der Waals surface area contributed by atoms with E-state index in [0.29, 0.717) is 5.95 Å². The molecule has 0 unspecified atom stereocenters. The maximum atomic E-state index is 5.76. The highest BCUT2D eigenvalue weighted by Crippen LogP contribution is 2.10. The lowest BCUT2D eigenvalue weighted by molar-refractivity contribution is 0.773. The lowest BCUT2D eigenvalue weighted by Crippen LogP contribution is -1.98. The van der Waals surface area contributed by atoms with Crippen LogP contribution in [0.15, 0.2) is 36.5 Å². The summed E-state index contributed by atoms with van der Waals surface area (Å²) < 4.78 is 1.96. The molecular weight excluding hydrogens is 186 g/mol. The normalized spacial score (nSPS) is 10.5. The summed E-state index contributed by atoms with van der Waals surface area (Å²) in [7, 11) is 0. The van der Waals surface area contributed by atoms with Crippen LogP contribution in [0.4, 0.5) is 5.95 Å². The topological polar surface area (TPSA) is 43.8 Å². The summed E-state index contributed by atoms with van der Waals surface area (Å²) in [6.07, 6.45) is 2.86. The molecular formula is C12H15N3. The standard InChI is InChI=1S/C12H15N3/c1-2-15-9-11(14-12(15)13)8-10-6-4-3-5-7-10/h3-7,9H,2,8H2,1H3,(H2,13,14). The van der Waals surface area contributed by atoms with Crippen molar-refractivity contribution in [1.82, 2.24) is 9.55 Å². The Morgan fingerprint density at radius 3 is 2.60 bits per heavy atom. The first-order valence-electron chi connectivity index (χ1n) is 5.15. The fourth-order valence-corrected chi connectivity index (χ4v) is 1.63. The van der Waals surface area contributed by atoms with Crippen LogP contribution in [-0.2, 0) is 13.0 Å². The molecule has 1 heterocycles. The molecule has 0 aliphatic rings. The number of anilines is 1. The molecule has 0 aliphatic carbocycles. The minimum atomic E-state index is 0.600. The molecule has 2 N–H and O–H groups in total. The Hall–Kier alpha value is -1.77. The highest BCUT2D eigenvalue weighted by Gasteiger charge is 2.03. The zero-order chi connectivity index (χ0) is 10.7. The van der Waals surface area contributed by atoms with Gasteiger partial charge >= 0.3 is 0 Å². The Balaban J connectivity index is 2.18. The van der Waals surface area contributed by atoms with Gasteiger partial charge in [-0.2, -0.15) is 0 Å². The Kier molecular flexibility index (Phi) is 2.72. The van der Waals surface area contributed by atoms with E-state index in [1.807, 2.05) is 29.0 Å². The van der Waals surface area contributed by atoms with Gasteiger partial charge in [0.1, 0.15) is 0 Å². The van der Waals surface area contributed by atoms with E-state index in [0.717, 1.165) is 18.7 Å². The van der Waals surface area contributed by atoms with Crippen molar-refractivity contribution in [2.24, 2.45) is 0 Å². The van der Waals surface area contributed by atoms with Crippen LogP contribution < -0.4 is 5.73 Å². The van der Waals surface area contributed by atoms with Gasteiger partial charge in [-0.25, -0.2) is 4.98 Å². The van der Waals surface area contributed by atoms with Crippen molar-refractivity contribution in [3.8, 4) is 0 Å². The van der Waals surface area contributed by atoms with Gasteiger partial charge in [0, 0.05) is 19.2 Å². The van der Waals surface area contributed by atoms with E-state index < -0.39 is 0 Å². The van der Waals surface area contributed by atoms with Crippen LogP contribution in [-0.4, -0.2) is 9.55 Å². The highest BCUT2D eigenvalue weighted by molar-refractivity contribution is 5.27. The molecule has 0 atom stereocenters. The number of rotatable bonds is 3. The van der Waals surface area contributed by atoms with Crippen molar-refractivity contribution < 1.29 is 0 Å². The van der Waals surface area contributed by atoms with Crippen LogP contribution in [0.1, 0.15) is 18.2 Å². The van der Waals surface area contributed by atoms with E-state index in [1.165, 1.54) is 5.56 Å². The van der Waals surface area contributed by atoms with Gasteiger partial charge < -0.3 is 10.3 Å². The first-order valence-corrected chi connectivity index (χ1v) is 5.15. The van der Waals surface area contributed by atoms with Gasteiger partial charge in [0.25, 0.3) is 0 Å². The number of benzene rings is 1. The molecule has 78 valence electrons. The van der Waals surface area contributed by atoms with Gasteiger partial charge in [-0.15, -0.1) is 0 Å². The molecule has 0 fully saturated rings. The Labute approximate surface area is 89.6 Å². The fourth-order valence-electron chi connectivity index (χ4n) is 1.63. The zero-order valence-corrected chi connectivity index (χ0v) is 8.85. The zero-order valence-electron chi connectivity index (χ0n) is 8.85. The van der Waals surface area contributed by atoms with Crippen LogP contribution >= 0.6 is 0 Å². The van der Waals surface area contributed by atoms with Gasteiger partial charge in [-0.3, -0.25) is 0 Å². The Morgan fingerprint density at radius 2 is 2.00 bits per heavy atom. The minimum absolute atomic E-state index is 0.600. The average molecular weight is 201 g/mol. The van der Waals surface area contributed by atoms with Gasteiger partial charge in [0.2, 0.25) is 0 Å². The number of imidazole rings is 1. The van der Waals surface area contributed by atoms with Crippen molar-refractivity contribution in [3.05, 3.63) is 47.8 Å². The summed E-state index contributed by atoms with van der Waals surface area (Å²) in [5.41, 5.74) is 8.05. The average Bonchev–Trinajstić information content (AvgIpc) is 2.60. The van der Waals surface area contributed by atoms with E-state index in [4.69, 9.17) is 5.73 Å². The predicted molar refractivity (Wildman–Crippen MR) is 61.6 cm³/mol. The number of hydrogen-bond donors (Lipinski definition) is 1. The van der Waals surface area contributed by atoms with E-state index in [9.17, 15) is 0 Å². The van der Waals surface area contributed by atoms with Crippen LogP contribution in [0.3, 0.4) is 0 Å². The third-order valence-corrected chi connectivity index (χ3v) is 2.43. The molecule has 0 spiro atoms. The predicted octanol–water partition coefficient (Wildman–Crippen LogP) is 2.08. The van der Waals surface area contributed by atoms with Gasteiger partial charge in [-0.05, 0) is 12.5 Å². The highest BCUT2D eigenvalue weighted by atomic mass is 15.1. The second-order valence-electron chi connectivity index (χ2n) is 3.54. The molecule has 0 saturated carbocycles. The quantitative estimate of drug-likeness (QED) is 0.826. The molecule has 0 amide bonds. The molecule has 0 radical (unpaired) electrons. The third-order valence-electron chi connectivity index (χ3n) is 2.43. The number of nitrogen functional groups attached to an aromatic ring is 1. The molecule has 0 bridgehead atoms. The molecule has 1 aromatic heterocycles. The van der Waals surface area contributed by atoms with Gasteiger partial charge in [-0.1, -0.05) is 30.3 Å². The van der Waals surface area contributed by atoms with Crippen LogP contribution in [0.25, 0.3) is 0 Å². The second-order valence-corrected chi connectivity index (χ2v) is 3.54. The number of hydrogen-bond acceptors (Lipinski definition) is 2.